The van der Waals surface area contributed by atoms with Crippen molar-refractivity contribution in [2.45, 2.75) is 24.9 Å². The number of hydrogen-bond acceptors (Lipinski definition) is 6. The molecule has 1 aliphatic rings. The van der Waals surface area contributed by atoms with E-state index < -0.39 is 12.1 Å². The van der Waals surface area contributed by atoms with Crippen molar-refractivity contribution in [2.75, 3.05) is 20.2 Å². The average molecular weight is 528 g/mol. The summed E-state index contributed by atoms with van der Waals surface area (Å²) in [5.74, 6) is -0.989. The lowest BCUT2D eigenvalue weighted by molar-refractivity contribution is -0.192. The molecule has 1 unspecified atom stereocenters. The Morgan fingerprint density at radius 2 is 1.82 bits per heavy atom. The number of likely N-dealkylation sites (tertiary alicyclic amines) is 1. The topological polar surface area (TPSA) is 110 Å². The first-order valence-corrected chi connectivity index (χ1v) is 11.7. The number of piperidine rings is 1. The van der Waals surface area contributed by atoms with Crippen molar-refractivity contribution in [1.82, 2.24) is 24.5 Å². The smallest absolute Gasteiger partial charge is 0.490 e. The number of amides is 1. The fraction of sp³-hybridized carbons (Fsp3) is 0.269. The lowest BCUT2D eigenvalue weighted by atomic mass is 9.97. The number of fused-ring (bicyclic) bond motifs is 1. The van der Waals surface area contributed by atoms with Crippen molar-refractivity contribution in [3.05, 3.63) is 78.5 Å². The van der Waals surface area contributed by atoms with Crippen LogP contribution in [0.25, 0.3) is 16.8 Å². The van der Waals surface area contributed by atoms with Crippen LogP contribution in [0.3, 0.4) is 0 Å². The summed E-state index contributed by atoms with van der Waals surface area (Å²) < 4.78 is 38.9. The van der Waals surface area contributed by atoms with E-state index in [1.165, 1.54) is 0 Å². The zero-order chi connectivity index (χ0) is 27.3. The monoisotopic (exact) mass is 527 g/mol. The van der Waals surface area contributed by atoms with Crippen molar-refractivity contribution in [3.8, 4) is 16.9 Å². The molecule has 5 rings (SSSR count). The van der Waals surface area contributed by atoms with Gasteiger partial charge in [0, 0.05) is 48.7 Å². The molecule has 4 aromatic rings. The van der Waals surface area contributed by atoms with Crippen LogP contribution in [-0.4, -0.2) is 67.8 Å². The average Bonchev–Trinajstić information content (AvgIpc) is 3.37. The van der Waals surface area contributed by atoms with Gasteiger partial charge in [0.2, 0.25) is 0 Å². The van der Waals surface area contributed by atoms with Crippen LogP contribution < -0.4 is 4.74 Å². The fourth-order valence-corrected chi connectivity index (χ4v) is 4.10. The summed E-state index contributed by atoms with van der Waals surface area (Å²) >= 11 is 0. The molecule has 1 N–H and O–H groups in total. The Hall–Kier alpha value is -4.48. The summed E-state index contributed by atoms with van der Waals surface area (Å²) in [4.78, 5) is 32.4. The zero-order valence-electron chi connectivity index (χ0n) is 20.3. The second-order valence-corrected chi connectivity index (χ2v) is 8.55. The number of hydrogen-bond donors (Lipinski definition) is 1. The maximum absolute atomic E-state index is 12.8. The number of aromatic nitrogens is 4. The Kier molecular flexibility index (Phi) is 7.89. The predicted octanol–water partition coefficient (Wildman–Crippen LogP) is 4.45. The van der Waals surface area contributed by atoms with Crippen LogP contribution in [0.2, 0.25) is 0 Å². The number of methoxy groups -OCH3 is 1. The molecule has 1 amide bonds. The highest BCUT2D eigenvalue weighted by Crippen LogP contribution is 2.28. The van der Waals surface area contributed by atoms with E-state index in [9.17, 15) is 18.0 Å². The van der Waals surface area contributed by atoms with Crippen molar-refractivity contribution in [2.24, 2.45) is 0 Å². The van der Waals surface area contributed by atoms with Crippen LogP contribution in [0.5, 0.6) is 5.75 Å². The summed E-state index contributed by atoms with van der Waals surface area (Å²) in [6, 6.07) is 15.5. The van der Waals surface area contributed by atoms with Gasteiger partial charge in [0.05, 0.1) is 7.11 Å². The van der Waals surface area contributed by atoms with E-state index in [2.05, 4.69) is 4.98 Å². The molecule has 1 fully saturated rings. The van der Waals surface area contributed by atoms with Gasteiger partial charge in [-0.15, -0.1) is 0 Å². The third-order valence-corrected chi connectivity index (χ3v) is 5.99. The molecule has 9 nitrogen and oxygen atoms in total. The van der Waals surface area contributed by atoms with Gasteiger partial charge in [0.15, 0.2) is 11.5 Å². The highest BCUT2D eigenvalue weighted by molar-refractivity contribution is 5.94. The predicted molar refractivity (Wildman–Crippen MR) is 131 cm³/mol. The van der Waals surface area contributed by atoms with Crippen molar-refractivity contribution in [1.29, 1.82) is 0 Å². The van der Waals surface area contributed by atoms with Gasteiger partial charge in [-0.3, -0.25) is 9.78 Å². The number of pyridine rings is 2. The van der Waals surface area contributed by atoms with Gasteiger partial charge in [0.1, 0.15) is 5.75 Å². The van der Waals surface area contributed by atoms with Crippen LogP contribution in [0.15, 0.2) is 67.1 Å². The number of aliphatic carboxylic acids is 1. The molecule has 3 aromatic heterocycles. The van der Waals surface area contributed by atoms with Crippen LogP contribution in [0.1, 0.15) is 34.9 Å². The summed E-state index contributed by atoms with van der Waals surface area (Å²) in [5.41, 5.74) is 3.58. The normalized spacial score (nSPS) is 15.5. The number of rotatable bonds is 4. The number of nitrogens with zero attached hydrogens (tertiary/aromatic N) is 5. The van der Waals surface area contributed by atoms with E-state index in [1.54, 1.807) is 31.6 Å². The number of carbonyl (C=O) groups excluding carboxylic acids is 1. The van der Waals surface area contributed by atoms with Crippen LogP contribution in [-0.2, 0) is 4.79 Å². The molecule has 1 saturated heterocycles. The SMILES string of the molecule is COc1cccc(-c2ccc3nc(C4CCCN(C(=O)c5ccncc5)C4)nn3c2)c1.O=C(O)C(F)(F)F. The maximum Gasteiger partial charge on any atom is 0.490 e. The zero-order valence-corrected chi connectivity index (χ0v) is 20.3. The molecule has 1 aliphatic heterocycles. The summed E-state index contributed by atoms with van der Waals surface area (Å²) in [6.45, 7) is 1.38. The third kappa shape index (κ3) is 6.25. The molecular formula is C26H24F3N5O4. The molecule has 0 aliphatic carbocycles. The van der Waals surface area contributed by atoms with Gasteiger partial charge in [-0.25, -0.2) is 14.3 Å². The first kappa shape index (κ1) is 26.6. The molecule has 12 heteroatoms. The third-order valence-electron chi connectivity index (χ3n) is 5.99. The van der Waals surface area contributed by atoms with Crippen molar-refractivity contribution >= 4 is 17.5 Å². The Morgan fingerprint density at radius 3 is 2.50 bits per heavy atom. The molecule has 1 atom stereocenters. The minimum atomic E-state index is -5.08. The Bertz CT molecular complexity index is 1430. The first-order chi connectivity index (χ1) is 18.2. The Labute approximate surface area is 215 Å². The van der Waals surface area contributed by atoms with Crippen LogP contribution >= 0.6 is 0 Å². The molecule has 0 spiro atoms. The van der Waals surface area contributed by atoms with Crippen molar-refractivity contribution < 1.29 is 32.6 Å². The minimum absolute atomic E-state index is 0.0381. The highest BCUT2D eigenvalue weighted by atomic mass is 19.4. The van der Waals surface area contributed by atoms with Gasteiger partial charge in [0.25, 0.3) is 5.91 Å². The first-order valence-electron chi connectivity index (χ1n) is 11.7. The van der Waals surface area contributed by atoms with Gasteiger partial charge >= 0.3 is 12.1 Å². The standard InChI is InChI=1S/C24H23N5O2.C2HF3O2/c1-31-21-6-2-4-18(14-21)19-7-8-22-26-23(27-29(22)16-19)20-5-3-13-28(15-20)24(30)17-9-11-25-12-10-17;3-2(4,5)1(6)7/h2,4,6-12,14,16,20H,3,5,13,15H2,1H3;(H,6,7). The molecular weight excluding hydrogens is 503 g/mol. The Balaban J connectivity index is 0.000000426. The minimum Gasteiger partial charge on any atom is -0.497 e. The molecule has 0 bridgehead atoms. The van der Waals surface area contributed by atoms with Gasteiger partial charge < -0.3 is 14.7 Å². The number of alkyl halides is 3. The summed E-state index contributed by atoms with van der Waals surface area (Å²) in [7, 11) is 1.67. The molecule has 0 saturated carbocycles. The van der Waals surface area contributed by atoms with E-state index in [0.29, 0.717) is 12.1 Å². The van der Waals surface area contributed by atoms with E-state index in [-0.39, 0.29) is 11.8 Å². The molecule has 0 radical (unpaired) electrons. The second kappa shape index (κ2) is 11.3. The lowest BCUT2D eigenvalue weighted by Crippen LogP contribution is -2.39. The maximum atomic E-state index is 12.8. The van der Waals surface area contributed by atoms with Gasteiger partial charge in [-0.1, -0.05) is 12.1 Å². The van der Waals surface area contributed by atoms with E-state index >= 15 is 0 Å². The highest BCUT2D eigenvalue weighted by Gasteiger charge is 2.38. The number of benzene rings is 1. The number of ether oxygens (including phenoxy) is 1. The summed E-state index contributed by atoms with van der Waals surface area (Å²) in [5, 5.41) is 11.9. The molecule has 38 heavy (non-hydrogen) atoms. The fourth-order valence-electron chi connectivity index (χ4n) is 4.10. The molecule has 1 aromatic carbocycles. The lowest BCUT2D eigenvalue weighted by Gasteiger charge is -2.31. The number of carboxylic acids is 1. The number of carboxylic acid groups (broad SMARTS) is 1. The van der Waals surface area contributed by atoms with Crippen molar-refractivity contribution in [3.63, 3.8) is 0 Å². The largest absolute Gasteiger partial charge is 0.497 e. The molecule has 4 heterocycles. The number of carbonyl (C=O) groups is 2. The van der Waals surface area contributed by atoms with Gasteiger partial charge in [-0.05, 0) is 54.8 Å². The van der Waals surface area contributed by atoms with Crippen LogP contribution in [0.4, 0.5) is 13.2 Å². The van der Waals surface area contributed by atoms with E-state index in [1.807, 2.05) is 52.0 Å². The second-order valence-electron chi connectivity index (χ2n) is 8.55. The van der Waals surface area contributed by atoms with Gasteiger partial charge in [-0.2, -0.15) is 18.3 Å². The Morgan fingerprint density at radius 1 is 1.08 bits per heavy atom. The van der Waals surface area contributed by atoms with E-state index in [0.717, 1.165) is 47.7 Å². The van der Waals surface area contributed by atoms with Crippen LogP contribution in [0, 0.1) is 0 Å². The van der Waals surface area contributed by atoms with E-state index in [4.69, 9.17) is 24.7 Å². The quantitative estimate of drug-likeness (QED) is 0.418. The summed E-state index contributed by atoms with van der Waals surface area (Å²) in [6.07, 6.45) is 2.12. The molecule has 198 valence electrons. The number of halogens is 3.